The highest BCUT2D eigenvalue weighted by atomic mass is 32.2. The van der Waals surface area contributed by atoms with Gasteiger partial charge >= 0.3 is 0 Å². The molecule has 30 heavy (non-hydrogen) atoms. The first kappa shape index (κ1) is 22.5. The Morgan fingerprint density at radius 1 is 1.13 bits per heavy atom. The van der Waals surface area contributed by atoms with E-state index in [0.29, 0.717) is 24.3 Å². The number of aryl methyl sites for hydroxylation is 3. The molecular weight excluding hydrogens is 400 g/mol. The van der Waals surface area contributed by atoms with E-state index < -0.39 is 16.1 Å². The van der Waals surface area contributed by atoms with Crippen molar-refractivity contribution < 1.29 is 17.9 Å². The molecule has 2 atom stereocenters. The number of carbonyl (C=O) groups excluding carboxylic acids is 1. The summed E-state index contributed by atoms with van der Waals surface area (Å²) in [6.45, 7) is 6.57. The molecule has 1 heterocycles. The van der Waals surface area contributed by atoms with Crippen molar-refractivity contribution in [1.82, 2.24) is 10.0 Å². The third-order valence-electron chi connectivity index (χ3n) is 5.30. The van der Waals surface area contributed by atoms with Crippen molar-refractivity contribution in [2.45, 2.75) is 57.1 Å². The molecule has 0 aliphatic carbocycles. The van der Waals surface area contributed by atoms with Crippen molar-refractivity contribution in [2.24, 2.45) is 0 Å². The fourth-order valence-corrected chi connectivity index (χ4v) is 5.67. The molecular formula is C23H30N2O4S. The Bertz CT molecular complexity index is 961. The van der Waals surface area contributed by atoms with Gasteiger partial charge in [-0.1, -0.05) is 48.0 Å². The van der Waals surface area contributed by atoms with E-state index in [2.05, 4.69) is 10.0 Å². The first-order valence-corrected chi connectivity index (χ1v) is 11.8. The van der Waals surface area contributed by atoms with Gasteiger partial charge in [-0.15, -0.1) is 0 Å². The number of ether oxygens (including phenoxy) is 1. The lowest BCUT2D eigenvalue weighted by atomic mass is 10.1. The van der Waals surface area contributed by atoms with Crippen LogP contribution in [0.15, 0.2) is 47.4 Å². The minimum atomic E-state index is -3.88. The van der Waals surface area contributed by atoms with Crippen molar-refractivity contribution in [3.8, 4) is 0 Å². The van der Waals surface area contributed by atoms with Crippen LogP contribution >= 0.6 is 0 Å². The third-order valence-corrected chi connectivity index (χ3v) is 7.07. The number of carbonyl (C=O) groups is 1. The highest BCUT2D eigenvalue weighted by molar-refractivity contribution is 7.89. The molecule has 0 spiro atoms. The van der Waals surface area contributed by atoms with Gasteiger partial charge in [0.1, 0.15) is 6.04 Å². The second-order valence-electron chi connectivity index (χ2n) is 7.97. The summed E-state index contributed by atoms with van der Waals surface area (Å²) in [4.78, 5) is 13.2. The van der Waals surface area contributed by atoms with Crippen LogP contribution in [-0.2, 0) is 26.0 Å². The second kappa shape index (κ2) is 9.73. The van der Waals surface area contributed by atoms with E-state index in [4.69, 9.17) is 4.74 Å². The van der Waals surface area contributed by atoms with Crippen molar-refractivity contribution in [1.29, 1.82) is 0 Å². The average molecular weight is 431 g/mol. The summed E-state index contributed by atoms with van der Waals surface area (Å²) in [6, 6.07) is 12.2. The molecule has 0 bridgehead atoms. The van der Waals surface area contributed by atoms with Crippen LogP contribution < -0.4 is 10.0 Å². The van der Waals surface area contributed by atoms with Gasteiger partial charge in [-0.3, -0.25) is 4.79 Å². The number of hydrogen-bond donors (Lipinski definition) is 2. The molecule has 0 radical (unpaired) electrons. The molecule has 6 nitrogen and oxygen atoms in total. The fraction of sp³-hybridized carbons (Fsp3) is 0.435. The summed E-state index contributed by atoms with van der Waals surface area (Å²) in [6.07, 6.45) is 2.13. The molecule has 1 aliphatic rings. The van der Waals surface area contributed by atoms with Gasteiger partial charge in [-0.25, -0.2) is 8.42 Å². The lowest BCUT2D eigenvalue weighted by Crippen LogP contribution is -2.49. The molecule has 1 amide bonds. The Labute approximate surface area is 179 Å². The van der Waals surface area contributed by atoms with Gasteiger partial charge in [-0.2, -0.15) is 4.72 Å². The van der Waals surface area contributed by atoms with E-state index in [1.54, 1.807) is 13.8 Å². The number of sulfonamides is 1. The minimum Gasteiger partial charge on any atom is -0.376 e. The lowest BCUT2D eigenvalue weighted by molar-refractivity contribution is -0.123. The van der Waals surface area contributed by atoms with Crippen molar-refractivity contribution in [3.05, 3.63) is 64.7 Å². The number of amides is 1. The maximum absolute atomic E-state index is 13.2. The van der Waals surface area contributed by atoms with E-state index in [1.807, 2.05) is 49.4 Å². The topological polar surface area (TPSA) is 84.5 Å². The minimum absolute atomic E-state index is 0.00970. The van der Waals surface area contributed by atoms with Crippen LogP contribution in [0.5, 0.6) is 0 Å². The maximum atomic E-state index is 13.2. The zero-order chi connectivity index (χ0) is 21.7. The Balaban J connectivity index is 1.82. The predicted molar refractivity (Wildman–Crippen MR) is 117 cm³/mol. The summed E-state index contributed by atoms with van der Waals surface area (Å²) in [5, 5.41) is 2.87. The van der Waals surface area contributed by atoms with Gasteiger partial charge in [0.25, 0.3) is 0 Å². The van der Waals surface area contributed by atoms with Gasteiger partial charge in [0.05, 0.1) is 11.0 Å². The number of rotatable bonds is 8. The van der Waals surface area contributed by atoms with E-state index in [1.165, 1.54) is 0 Å². The number of benzene rings is 2. The fourth-order valence-electron chi connectivity index (χ4n) is 4.02. The number of nitrogens with one attached hydrogen (secondary N) is 2. The average Bonchev–Trinajstić information content (AvgIpc) is 3.18. The van der Waals surface area contributed by atoms with Crippen LogP contribution in [0.1, 0.15) is 35.1 Å². The van der Waals surface area contributed by atoms with Crippen molar-refractivity contribution >= 4 is 15.9 Å². The van der Waals surface area contributed by atoms with Crippen LogP contribution in [0.3, 0.4) is 0 Å². The zero-order valence-electron chi connectivity index (χ0n) is 17.8. The zero-order valence-corrected chi connectivity index (χ0v) is 18.6. The van der Waals surface area contributed by atoms with E-state index in [-0.39, 0.29) is 23.3 Å². The van der Waals surface area contributed by atoms with E-state index in [0.717, 1.165) is 24.0 Å². The summed E-state index contributed by atoms with van der Waals surface area (Å²) in [7, 11) is -3.88. The van der Waals surface area contributed by atoms with Crippen molar-refractivity contribution in [3.63, 3.8) is 0 Å². The van der Waals surface area contributed by atoms with Crippen LogP contribution in [0.4, 0.5) is 0 Å². The molecule has 3 rings (SSSR count). The molecule has 162 valence electrons. The molecule has 1 aliphatic heterocycles. The summed E-state index contributed by atoms with van der Waals surface area (Å²) in [5.74, 6) is -0.347. The molecule has 0 unspecified atom stereocenters. The molecule has 0 aromatic heterocycles. The number of hydrogen-bond acceptors (Lipinski definition) is 4. The smallest absolute Gasteiger partial charge is 0.241 e. The van der Waals surface area contributed by atoms with Crippen LogP contribution in [0, 0.1) is 20.8 Å². The first-order chi connectivity index (χ1) is 14.3. The SMILES string of the molecule is Cc1cc(C)c(S(=O)(=O)N[C@H](Cc2ccccc2)C(=O)NC[C@@H]2CCCO2)c(C)c1. The molecule has 0 saturated carbocycles. The molecule has 2 aromatic carbocycles. The summed E-state index contributed by atoms with van der Waals surface area (Å²) in [5.41, 5.74) is 3.21. The standard InChI is InChI=1S/C23H30N2O4S/c1-16-12-17(2)22(18(3)13-16)30(27,28)25-21(14-19-8-5-4-6-9-19)23(26)24-15-20-10-7-11-29-20/h4-6,8-9,12-13,20-21,25H,7,10-11,14-15H2,1-3H3,(H,24,26)/t20-,21+/m0/s1. The highest BCUT2D eigenvalue weighted by Crippen LogP contribution is 2.22. The van der Waals surface area contributed by atoms with Gasteiger partial charge < -0.3 is 10.1 Å². The van der Waals surface area contributed by atoms with Gasteiger partial charge in [0, 0.05) is 13.2 Å². The van der Waals surface area contributed by atoms with E-state index >= 15 is 0 Å². The first-order valence-electron chi connectivity index (χ1n) is 10.3. The maximum Gasteiger partial charge on any atom is 0.241 e. The largest absolute Gasteiger partial charge is 0.376 e. The highest BCUT2D eigenvalue weighted by Gasteiger charge is 2.29. The molecule has 7 heteroatoms. The van der Waals surface area contributed by atoms with E-state index in [9.17, 15) is 13.2 Å². The molecule has 1 saturated heterocycles. The summed E-state index contributed by atoms with van der Waals surface area (Å²) >= 11 is 0. The van der Waals surface area contributed by atoms with Crippen LogP contribution in [0.25, 0.3) is 0 Å². The van der Waals surface area contributed by atoms with Crippen LogP contribution in [0.2, 0.25) is 0 Å². The molecule has 2 aromatic rings. The molecule has 2 N–H and O–H groups in total. The Kier molecular flexibility index (Phi) is 7.28. The Morgan fingerprint density at radius 2 is 1.80 bits per heavy atom. The lowest BCUT2D eigenvalue weighted by Gasteiger charge is -2.21. The molecule has 1 fully saturated rings. The second-order valence-corrected chi connectivity index (χ2v) is 9.62. The monoisotopic (exact) mass is 430 g/mol. The predicted octanol–water partition coefficient (Wildman–Crippen LogP) is 2.80. The van der Waals surface area contributed by atoms with Gasteiger partial charge in [0.15, 0.2) is 0 Å². The Hall–Kier alpha value is -2.22. The third kappa shape index (κ3) is 5.68. The van der Waals surface area contributed by atoms with Gasteiger partial charge in [-0.05, 0) is 56.7 Å². The quantitative estimate of drug-likeness (QED) is 0.675. The van der Waals surface area contributed by atoms with Crippen LogP contribution in [-0.4, -0.2) is 39.6 Å². The Morgan fingerprint density at radius 3 is 2.40 bits per heavy atom. The van der Waals surface area contributed by atoms with Crippen molar-refractivity contribution in [2.75, 3.05) is 13.2 Å². The normalized spacial score (nSPS) is 17.6. The summed E-state index contributed by atoms with van der Waals surface area (Å²) < 4.78 is 34.7. The van der Waals surface area contributed by atoms with Gasteiger partial charge in [0.2, 0.25) is 15.9 Å².